The van der Waals surface area contributed by atoms with E-state index in [1.165, 1.54) is 0 Å². The van der Waals surface area contributed by atoms with Crippen LogP contribution in [0.15, 0.2) is 52.9 Å². The van der Waals surface area contributed by atoms with Crippen LogP contribution in [0.4, 0.5) is 0 Å². The number of aromatic nitrogens is 1. The number of hydrogen-bond acceptors (Lipinski definition) is 5. The van der Waals surface area contributed by atoms with Gasteiger partial charge in [-0.15, -0.1) is 0 Å². The molecule has 0 aliphatic heterocycles. The molecule has 2 aromatic carbocycles. The van der Waals surface area contributed by atoms with E-state index in [2.05, 4.69) is 4.98 Å². The maximum Gasteiger partial charge on any atom is 0.226 e. The topological polar surface area (TPSA) is 61.6 Å². The summed E-state index contributed by atoms with van der Waals surface area (Å²) in [4.78, 5) is 15.2. The van der Waals surface area contributed by atoms with Crippen LogP contribution < -0.4 is 9.47 Å². The van der Waals surface area contributed by atoms with Gasteiger partial charge in [0.1, 0.15) is 23.5 Å². The van der Waals surface area contributed by atoms with Crippen molar-refractivity contribution in [3.05, 3.63) is 65.5 Å². The average molecular weight is 337 g/mol. The number of nitrogens with zero attached hydrogens (tertiary/aromatic N) is 1. The van der Waals surface area contributed by atoms with E-state index < -0.39 is 0 Å². The number of hydrogen-bond donors (Lipinski definition) is 0. The number of aldehydes is 1. The molecule has 0 saturated heterocycles. The molecule has 0 radical (unpaired) electrons. The van der Waals surface area contributed by atoms with Crippen molar-refractivity contribution in [1.82, 2.24) is 4.98 Å². The fourth-order valence-corrected chi connectivity index (χ4v) is 2.43. The minimum atomic E-state index is 0.482. The highest BCUT2D eigenvalue weighted by atomic mass is 16.5. The molecule has 3 rings (SSSR count). The summed E-state index contributed by atoms with van der Waals surface area (Å²) in [5.41, 5.74) is 2.40. The Morgan fingerprint density at radius 2 is 1.72 bits per heavy atom. The van der Waals surface area contributed by atoms with Gasteiger partial charge in [-0.2, -0.15) is 0 Å². The average Bonchev–Trinajstić information content (AvgIpc) is 3.03. The summed E-state index contributed by atoms with van der Waals surface area (Å²) in [6.45, 7) is 2.38. The summed E-state index contributed by atoms with van der Waals surface area (Å²) in [5.74, 6) is 2.89. The number of aryl methyl sites for hydroxylation is 1. The molecule has 128 valence electrons. The molecule has 0 fully saturated rings. The first-order valence-electron chi connectivity index (χ1n) is 7.98. The van der Waals surface area contributed by atoms with Crippen LogP contribution >= 0.6 is 0 Å². The van der Waals surface area contributed by atoms with E-state index >= 15 is 0 Å². The quantitative estimate of drug-likeness (QED) is 0.608. The summed E-state index contributed by atoms with van der Waals surface area (Å²) < 4.78 is 16.6. The van der Waals surface area contributed by atoms with Crippen LogP contribution in [0.2, 0.25) is 0 Å². The number of rotatable bonds is 7. The summed E-state index contributed by atoms with van der Waals surface area (Å²) in [5, 5.41) is 0. The van der Waals surface area contributed by atoms with E-state index in [1.54, 1.807) is 31.4 Å². The Morgan fingerprint density at radius 3 is 2.36 bits per heavy atom. The van der Waals surface area contributed by atoms with E-state index in [9.17, 15) is 4.79 Å². The highest BCUT2D eigenvalue weighted by Crippen LogP contribution is 2.24. The molecular weight excluding hydrogens is 318 g/mol. The van der Waals surface area contributed by atoms with E-state index in [0.29, 0.717) is 24.5 Å². The molecule has 0 N–H and O–H groups in total. The molecule has 25 heavy (non-hydrogen) atoms. The first kappa shape index (κ1) is 16.8. The standard InChI is InChI=1S/C20H19NO4/c1-14-19(11-12-24-18-7-3-15(13-22)4-8-18)21-20(25-14)16-5-9-17(23-2)10-6-16/h3-10,13H,11-12H2,1-2H3. The van der Waals surface area contributed by atoms with Crippen LogP contribution in [0.25, 0.3) is 11.5 Å². The van der Waals surface area contributed by atoms with Crippen molar-refractivity contribution < 1.29 is 18.7 Å². The number of ether oxygens (including phenoxy) is 2. The molecule has 0 bridgehead atoms. The smallest absolute Gasteiger partial charge is 0.226 e. The number of benzene rings is 2. The molecule has 0 aliphatic carbocycles. The van der Waals surface area contributed by atoms with Crippen LogP contribution in [0.3, 0.4) is 0 Å². The van der Waals surface area contributed by atoms with Crippen LogP contribution in [-0.4, -0.2) is 25.0 Å². The zero-order valence-electron chi connectivity index (χ0n) is 14.2. The molecule has 3 aromatic rings. The van der Waals surface area contributed by atoms with Gasteiger partial charge >= 0.3 is 0 Å². The molecule has 1 aromatic heterocycles. The van der Waals surface area contributed by atoms with Crippen molar-refractivity contribution in [1.29, 1.82) is 0 Å². The van der Waals surface area contributed by atoms with Gasteiger partial charge < -0.3 is 13.9 Å². The van der Waals surface area contributed by atoms with E-state index in [1.807, 2.05) is 31.2 Å². The van der Waals surface area contributed by atoms with Gasteiger partial charge in [0.15, 0.2) is 0 Å². The predicted molar refractivity (Wildman–Crippen MR) is 94.3 cm³/mol. The summed E-state index contributed by atoms with van der Waals surface area (Å²) in [6.07, 6.45) is 1.45. The minimum Gasteiger partial charge on any atom is -0.497 e. The molecule has 0 amide bonds. The SMILES string of the molecule is COc1ccc(-c2nc(CCOc3ccc(C=O)cc3)c(C)o2)cc1. The predicted octanol–water partition coefficient (Wildman–Crippen LogP) is 4.09. The van der Waals surface area contributed by atoms with Crippen LogP contribution in [0.1, 0.15) is 21.8 Å². The van der Waals surface area contributed by atoms with E-state index in [0.717, 1.165) is 34.8 Å². The maximum atomic E-state index is 10.6. The lowest BCUT2D eigenvalue weighted by molar-refractivity contribution is 0.112. The van der Waals surface area contributed by atoms with Crippen molar-refractivity contribution in [2.75, 3.05) is 13.7 Å². The molecule has 0 saturated carbocycles. The Balaban J connectivity index is 1.62. The molecular formula is C20H19NO4. The lowest BCUT2D eigenvalue weighted by Crippen LogP contribution is -2.02. The van der Waals surface area contributed by atoms with Gasteiger partial charge in [0.25, 0.3) is 0 Å². The fourth-order valence-electron chi connectivity index (χ4n) is 2.43. The third-order valence-corrected chi connectivity index (χ3v) is 3.85. The summed E-state index contributed by atoms with van der Waals surface area (Å²) >= 11 is 0. The van der Waals surface area contributed by atoms with Gasteiger partial charge in [0, 0.05) is 17.5 Å². The molecule has 5 nitrogen and oxygen atoms in total. The van der Waals surface area contributed by atoms with Gasteiger partial charge in [-0.25, -0.2) is 4.98 Å². The number of carbonyl (C=O) groups is 1. The zero-order chi connectivity index (χ0) is 17.6. The monoisotopic (exact) mass is 337 g/mol. The minimum absolute atomic E-state index is 0.482. The first-order chi connectivity index (χ1) is 12.2. The van der Waals surface area contributed by atoms with Gasteiger partial charge in [-0.05, 0) is 55.5 Å². The second-order valence-electron chi connectivity index (χ2n) is 5.54. The molecule has 0 aliphatic rings. The van der Waals surface area contributed by atoms with Gasteiger partial charge in [0.2, 0.25) is 5.89 Å². The number of carbonyl (C=O) groups excluding carboxylic acids is 1. The summed E-state index contributed by atoms with van der Waals surface area (Å²) in [6, 6.07) is 14.6. The Labute approximate surface area is 146 Å². The molecule has 0 spiro atoms. The second-order valence-corrected chi connectivity index (χ2v) is 5.54. The number of oxazole rings is 1. The van der Waals surface area contributed by atoms with E-state index in [-0.39, 0.29) is 0 Å². The number of methoxy groups -OCH3 is 1. The van der Waals surface area contributed by atoms with Crippen molar-refractivity contribution in [2.24, 2.45) is 0 Å². The maximum absolute atomic E-state index is 10.6. The Hall–Kier alpha value is -3.08. The van der Waals surface area contributed by atoms with Crippen molar-refractivity contribution >= 4 is 6.29 Å². The van der Waals surface area contributed by atoms with Crippen LogP contribution in [-0.2, 0) is 6.42 Å². The first-order valence-corrected chi connectivity index (χ1v) is 7.98. The van der Waals surface area contributed by atoms with Crippen molar-refractivity contribution in [3.63, 3.8) is 0 Å². The highest BCUT2D eigenvalue weighted by molar-refractivity contribution is 5.74. The third kappa shape index (κ3) is 4.07. The lowest BCUT2D eigenvalue weighted by Gasteiger charge is -2.05. The fraction of sp³-hybridized carbons (Fsp3) is 0.200. The van der Waals surface area contributed by atoms with Crippen molar-refractivity contribution in [3.8, 4) is 23.0 Å². The normalized spacial score (nSPS) is 10.5. The Bertz CT molecular complexity index is 835. The van der Waals surface area contributed by atoms with E-state index in [4.69, 9.17) is 13.9 Å². The van der Waals surface area contributed by atoms with Gasteiger partial charge in [-0.1, -0.05) is 0 Å². The van der Waals surface area contributed by atoms with Gasteiger partial charge in [-0.3, -0.25) is 4.79 Å². The van der Waals surface area contributed by atoms with Crippen LogP contribution in [0, 0.1) is 6.92 Å². The molecule has 0 unspecified atom stereocenters. The molecule has 5 heteroatoms. The summed E-state index contributed by atoms with van der Waals surface area (Å²) in [7, 11) is 1.63. The molecule has 0 atom stereocenters. The lowest BCUT2D eigenvalue weighted by atomic mass is 10.2. The largest absolute Gasteiger partial charge is 0.497 e. The van der Waals surface area contributed by atoms with Gasteiger partial charge in [0.05, 0.1) is 19.4 Å². The third-order valence-electron chi connectivity index (χ3n) is 3.85. The van der Waals surface area contributed by atoms with Crippen LogP contribution in [0.5, 0.6) is 11.5 Å². The van der Waals surface area contributed by atoms with Crippen molar-refractivity contribution in [2.45, 2.75) is 13.3 Å². The Morgan fingerprint density at radius 1 is 1.04 bits per heavy atom. The Kier molecular flexibility index (Phi) is 5.14. The highest BCUT2D eigenvalue weighted by Gasteiger charge is 2.11. The zero-order valence-corrected chi connectivity index (χ0v) is 14.2. The molecule has 1 heterocycles. The second kappa shape index (κ2) is 7.66.